The molecule has 0 spiro atoms. The van der Waals surface area contributed by atoms with Gasteiger partial charge in [0.15, 0.2) is 0 Å². The molecule has 2 rings (SSSR count). The smallest absolute Gasteiger partial charge is 0.243 e. The van der Waals surface area contributed by atoms with Gasteiger partial charge < -0.3 is 5.73 Å². The molecule has 5 heteroatoms. The number of nitrogens with two attached hydrogens (primary N) is 1. The first-order valence-electron chi connectivity index (χ1n) is 6.82. The monoisotopic (exact) mass is 282 g/mol. The summed E-state index contributed by atoms with van der Waals surface area (Å²) in [6, 6.07) is 5.44. The summed E-state index contributed by atoms with van der Waals surface area (Å²) in [6.07, 6.45) is 2.81. The second kappa shape index (κ2) is 5.61. The van der Waals surface area contributed by atoms with Crippen molar-refractivity contribution in [2.24, 2.45) is 5.73 Å². The maximum Gasteiger partial charge on any atom is 0.243 e. The van der Waals surface area contributed by atoms with Crippen molar-refractivity contribution in [2.45, 2.75) is 50.6 Å². The number of benzene rings is 1. The third kappa shape index (κ3) is 2.99. The lowest BCUT2D eigenvalue weighted by molar-refractivity contribution is 0.403. The third-order valence-corrected chi connectivity index (χ3v) is 5.49. The molecular formula is C14H22N2O2S. The van der Waals surface area contributed by atoms with Crippen LogP contribution in [0.5, 0.6) is 0 Å². The van der Waals surface area contributed by atoms with Crippen LogP contribution in [-0.2, 0) is 16.6 Å². The molecule has 1 fully saturated rings. The predicted octanol–water partition coefficient (Wildman–Crippen LogP) is 2.02. The van der Waals surface area contributed by atoms with Gasteiger partial charge in [-0.2, -0.15) is 4.31 Å². The lowest BCUT2D eigenvalue weighted by atomic mass is 10.1. The zero-order chi connectivity index (χ0) is 14.0. The highest BCUT2D eigenvalue weighted by Crippen LogP contribution is 2.32. The molecule has 1 aliphatic carbocycles. The summed E-state index contributed by atoms with van der Waals surface area (Å²) >= 11 is 0. The van der Waals surface area contributed by atoms with E-state index in [9.17, 15) is 8.42 Å². The number of hydrogen-bond donors (Lipinski definition) is 1. The summed E-state index contributed by atoms with van der Waals surface area (Å²) in [5.41, 5.74) is 7.55. The molecular weight excluding hydrogens is 260 g/mol. The quantitative estimate of drug-likeness (QED) is 0.868. The van der Waals surface area contributed by atoms with Gasteiger partial charge >= 0.3 is 0 Å². The van der Waals surface area contributed by atoms with E-state index in [0.717, 1.165) is 30.4 Å². The molecule has 1 saturated carbocycles. The fourth-order valence-corrected chi connectivity index (χ4v) is 4.14. The predicted molar refractivity (Wildman–Crippen MR) is 76.3 cm³/mol. The Morgan fingerprint density at radius 3 is 2.53 bits per heavy atom. The van der Waals surface area contributed by atoms with E-state index in [4.69, 9.17) is 5.73 Å². The minimum atomic E-state index is -3.35. The van der Waals surface area contributed by atoms with Crippen LogP contribution in [0.15, 0.2) is 23.1 Å². The largest absolute Gasteiger partial charge is 0.326 e. The number of aryl methyl sites for hydroxylation is 1. The summed E-state index contributed by atoms with van der Waals surface area (Å²) in [4.78, 5) is 0.391. The Bertz CT molecular complexity index is 551. The van der Waals surface area contributed by atoms with E-state index in [-0.39, 0.29) is 6.04 Å². The molecule has 4 nitrogen and oxygen atoms in total. The molecule has 1 aliphatic rings. The van der Waals surface area contributed by atoms with Crippen LogP contribution in [0.1, 0.15) is 37.3 Å². The first kappa shape index (κ1) is 14.5. The van der Waals surface area contributed by atoms with Crippen molar-refractivity contribution in [3.63, 3.8) is 0 Å². The average Bonchev–Trinajstić information content (AvgIpc) is 3.19. The van der Waals surface area contributed by atoms with Crippen LogP contribution >= 0.6 is 0 Å². The zero-order valence-corrected chi connectivity index (χ0v) is 12.4. The van der Waals surface area contributed by atoms with E-state index in [2.05, 4.69) is 0 Å². The Morgan fingerprint density at radius 2 is 2.05 bits per heavy atom. The van der Waals surface area contributed by atoms with Crippen molar-refractivity contribution in [3.8, 4) is 0 Å². The van der Waals surface area contributed by atoms with Crippen LogP contribution in [0.25, 0.3) is 0 Å². The van der Waals surface area contributed by atoms with Crippen molar-refractivity contribution in [1.82, 2.24) is 4.31 Å². The van der Waals surface area contributed by atoms with Gasteiger partial charge in [0.25, 0.3) is 0 Å². The maximum absolute atomic E-state index is 12.7. The number of nitrogens with zero attached hydrogens (tertiary/aromatic N) is 1. The number of sulfonamides is 1. The first-order valence-corrected chi connectivity index (χ1v) is 8.26. The van der Waals surface area contributed by atoms with Gasteiger partial charge in [0, 0.05) is 19.1 Å². The molecule has 0 unspecified atom stereocenters. The topological polar surface area (TPSA) is 63.4 Å². The van der Waals surface area contributed by atoms with Crippen LogP contribution in [-0.4, -0.2) is 25.3 Å². The maximum atomic E-state index is 12.7. The van der Waals surface area contributed by atoms with Crippen molar-refractivity contribution < 1.29 is 8.42 Å². The lowest BCUT2D eigenvalue weighted by Gasteiger charge is -2.21. The highest BCUT2D eigenvalue weighted by atomic mass is 32.2. The molecule has 0 radical (unpaired) electrons. The number of rotatable bonds is 6. The Morgan fingerprint density at radius 1 is 1.37 bits per heavy atom. The summed E-state index contributed by atoms with van der Waals surface area (Å²) in [5, 5.41) is 0. The first-order chi connectivity index (χ1) is 9.00. The normalized spacial score (nSPS) is 16.0. The van der Waals surface area contributed by atoms with Crippen molar-refractivity contribution in [3.05, 3.63) is 29.3 Å². The van der Waals surface area contributed by atoms with Gasteiger partial charge in [0.05, 0.1) is 4.90 Å². The van der Waals surface area contributed by atoms with Crippen LogP contribution in [0, 0.1) is 6.92 Å². The standard InChI is InChI=1S/C14H22N2O2S/c1-3-8-16(13-5-6-13)19(17,18)14-7-4-12(10-15)11(2)9-14/h4,7,9,13H,3,5-6,8,10,15H2,1-2H3. The molecule has 0 bridgehead atoms. The van der Waals surface area contributed by atoms with E-state index in [0.29, 0.717) is 18.0 Å². The van der Waals surface area contributed by atoms with Crippen molar-refractivity contribution in [2.75, 3.05) is 6.54 Å². The minimum absolute atomic E-state index is 0.208. The molecule has 1 aromatic rings. The highest BCUT2D eigenvalue weighted by molar-refractivity contribution is 7.89. The molecule has 2 N–H and O–H groups in total. The molecule has 1 aromatic carbocycles. The van der Waals surface area contributed by atoms with E-state index in [1.54, 1.807) is 16.4 Å². The second-order valence-corrected chi connectivity index (χ2v) is 7.03. The van der Waals surface area contributed by atoms with E-state index in [1.807, 2.05) is 19.9 Å². The van der Waals surface area contributed by atoms with Crippen molar-refractivity contribution in [1.29, 1.82) is 0 Å². The van der Waals surface area contributed by atoms with Gasteiger partial charge in [0.2, 0.25) is 10.0 Å². The van der Waals surface area contributed by atoms with Gasteiger partial charge in [-0.25, -0.2) is 8.42 Å². The third-order valence-electron chi connectivity index (χ3n) is 3.54. The van der Waals surface area contributed by atoms with E-state index in [1.165, 1.54) is 0 Å². The molecule has 106 valence electrons. The Labute approximate surface area is 115 Å². The molecule has 19 heavy (non-hydrogen) atoms. The molecule has 0 aromatic heterocycles. The molecule has 0 atom stereocenters. The molecule has 0 aliphatic heterocycles. The fraction of sp³-hybridized carbons (Fsp3) is 0.571. The van der Waals surface area contributed by atoms with Crippen molar-refractivity contribution >= 4 is 10.0 Å². The Kier molecular flexibility index (Phi) is 4.28. The molecule has 0 saturated heterocycles. The van der Waals surface area contributed by atoms with Crippen LogP contribution in [0.2, 0.25) is 0 Å². The highest BCUT2D eigenvalue weighted by Gasteiger charge is 2.37. The SMILES string of the molecule is CCCN(C1CC1)S(=O)(=O)c1ccc(CN)c(C)c1. The Balaban J connectivity index is 2.34. The summed E-state index contributed by atoms with van der Waals surface area (Å²) in [5.74, 6) is 0. The van der Waals surface area contributed by atoms with Gasteiger partial charge in [-0.3, -0.25) is 0 Å². The van der Waals surface area contributed by atoms with Crippen LogP contribution < -0.4 is 5.73 Å². The fourth-order valence-electron chi connectivity index (χ4n) is 2.28. The summed E-state index contributed by atoms with van der Waals surface area (Å²) in [7, 11) is -3.35. The minimum Gasteiger partial charge on any atom is -0.326 e. The molecule has 0 amide bonds. The van der Waals surface area contributed by atoms with Crippen LogP contribution in [0.3, 0.4) is 0 Å². The van der Waals surface area contributed by atoms with Gasteiger partial charge in [-0.05, 0) is 49.4 Å². The zero-order valence-electron chi connectivity index (χ0n) is 11.6. The van der Waals surface area contributed by atoms with E-state index >= 15 is 0 Å². The van der Waals surface area contributed by atoms with Gasteiger partial charge in [0.1, 0.15) is 0 Å². The second-order valence-electron chi connectivity index (χ2n) is 5.14. The number of hydrogen-bond acceptors (Lipinski definition) is 3. The molecule has 0 heterocycles. The van der Waals surface area contributed by atoms with E-state index < -0.39 is 10.0 Å². The summed E-state index contributed by atoms with van der Waals surface area (Å²) < 4.78 is 27.0. The Hall–Kier alpha value is -0.910. The van der Waals surface area contributed by atoms with Crippen LogP contribution in [0.4, 0.5) is 0 Å². The van der Waals surface area contributed by atoms with Gasteiger partial charge in [-0.15, -0.1) is 0 Å². The summed E-state index contributed by atoms with van der Waals surface area (Å²) in [6.45, 7) is 4.95. The lowest BCUT2D eigenvalue weighted by Crippen LogP contribution is -2.33. The van der Waals surface area contributed by atoms with Gasteiger partial charge in [-0.1, -0.05) is 13.0 Å². The average molecular weight is 282 g/mol.